The highest BCUT2D eigenvalue weighted by Gasteiger charge is 2.35. The lowest BCUT2D eigenvalue weighted by atomic mass is 9.93. The molecule has 0 saturated heterocycles. The largest absolute Gasteiger partial charge is 0.435 e. The standard InChI is InChI=1S/C23H21ClF4N2O3S/c1-14(15-6-7-16(20(25)10-15)13-34(2,32)33)21(31)9-8-19-12-22(23(26,27)28)29-30(19)18-5-3-4-17(24)11-18/h3-7,10-12,14H,8-9,13H2,1-2H3. The van der Waals surface area contributed by atoms with Crippen LogP contribution in [0.15, 0.2) is 48.5 Å². The van der Waals surface area contributed by atoms with Crippen LogP contribution in [0.4, 0.5) is 17.6 Å². The summed E-state index contributed by atoms with van der Waals surface area (Å²) in [7, 11) is -3.43. The molecule has 0 spiro atoms. The molecular weight excluding hydrogens is 496 g/mol. The Morgan fingerprint density at radius 1 is 1.15 bits per heavy atom. The summed E-state index contributed by atoms with van der Waals surface area (Å²) in [4.78, 5) is 12.8. The lowest BCUT2D eigenvalue weighted by Crippen LogP contribution is -2.13. The van der Waals surface area contributed by atoms with Gasteiger partial charge in [-0.05, 0) is 42.3 Å². The quantitative estimate of drug-likeness (QED) is 0.369. The third-order valence-corrected chi connectivity index (χ3v) is 6.30. The summed E-state index contributed by atoms with van der Waals surface area (Å²) >= 11 is 5.96. The Morgan fingerprint density at radius 3 is 2.44 bits per heavy atom. The van der Waals surface area contributed by atoms with E-state index in [9.17, 15) is 30.8 Å². The molecule has 0 saturated carbocycles. The molecule has 3 rings (SSSR count). The van der Waals surface area contributed by atoms with Gasteiger partial charge in [0.2, 0.25) is 0 Å². The Labute approximate surface area is 199 Å². The highest BCUT2D eigenvalue weighted by Crippen LogP contribution is 2.31. The Balaban J connectivity index is 1.80. The fraction of sp³-hybridized carbons (Fsp3) is 0.304. The predicted molar refractivity (Wildman–Crippen MR) is 120 cm³/mol. The number of aromatic nitrogens is 2. The third-order valence-electron chi connectivity index (χ3n) is 5.23. The van der Waals surface area contributed by atoms with Gasteiger partial charge >= 0.3 is 6.18 Å². The number of aryl methyl sites for hydroxylation is 1. The molecule has 1 atom stereocenters. The van der Waals surface area contributed by atoms with E-state index in [4.69, 9.17) is 11.6 Å². The molecule has 1 heterocycles. The minimum atomic E-state index is -4.67. The highest BCUT2D eigenvalue weighted by molar-refractivity contribution is 7.89. The molecule has 0 aliphatic heterocycles. The number of carbonyl (C=O) groups excluding carboxylic acids is 1. The second-order valence-corrected chi connectivity index (χ2v) is 10.6. The number of halogens is 5. The smallest absolute Gasteiger partial charge is 0.299 e. The van der Waals surface area contributed by atoms with Gasteiger partial charge in [0.1, 0.15) is 11.6 Å². The average Bonchev–Trinajstić information content (AvgIpc) is 3.17. The van der Waals surface area contributed by atoms with Gasteiger partial charge in [0.15, 0.2) is 15.5 Å². The van der Waals surface area contributed by atoms with Gasteiger partial charge in [-0.15, -0.1) is 0 Å². The fourth-order valence-electron chi connectivity index (χ4n) is 3.45. The van der Waals surface area contributed by atoms with Crippen LogP contribution in [0.5, 0.6) is 0 Å². The van der Waals surface area contributed by atoms with Crippen molar-refractivity contribution in [3.8, 4) is 5.69 Å². The van der Waals surface area contributed by atoms with Gasteiger partial charge in [-0.3, -0.25) is 4.79 Å². The maximum absolute atomic E-state index is 14.3. The van der Waals surface area contributed by atoms with Crippen molar-refractivity contribution in [2.75, 3.05) is 6.26 Å². The zero-order valence-electron chi connectivity index (χ0n) is 18.2. The van der Waals surface area contributed by atoms with E-state index in [1.165, 1.54) is 18.2 Å². The molecule has 1 aromatic heterocycles. The van der Waals surface area contributed by atoms with Crippen LogP contribution in [0.2, 0.25) is 5.02 Å². The molecule has 0 aliphatic carbocycles. The summed E-state index contributed by atoms with van der Waals surface area (Å²) in [6.45, 7) is 1.56. The van der Waals surface area contributed by atoms with E-state index in [1.807, 2.05) is 0 Å². The molecule has 2 aromatic carbocycles. The van der Waals surface area contributed by atoms with Crippen LogP contribution < -0.4 is 0 Å². The van der Waals surface area contributed by atoms with Crippen molar-refractivity contribution >= 4 is 27.2 Å². The summed E-state index contributed by atoms with van der Waals surface area (Å²) in [5, 5.41) is 3.97. The maximum Gasteiger partial charge on any atom is 0.435 e. The van der Waals surface area contributed by atoms with Crippen molar-refractivity contribution in [2.45, 2.75) is 37.6 Å². The van der Waals surface area contributed by atoms with Crippen LogP contribution in [0.25, 0.3) is 5.69 Å². The van der Waals surface area contributed by atoms with E-state index in [1.54, 1.807) is 25.1 Å². The van der Waals surface area contributed by atoms with Crippen molar-refractivity contribution in [3.63, 3.8) is 0 Å². The zero-order chi connectivity index (χ0) is 25.3. The van der Waals surface area contributed by atoms with Gasteiger partial charge in [-0.2, -0.15) is 18.3 Å². The van der Waals surface area contributed by atoms with E-state index < -0.39 is 39.2 Å². The van der Waals surface area contributed by atoms with Crippen LogP contribution in [0.1, 0.15) is 41.8 Å². The van der Waals surface area contributed by atoms with Gasteiger partial charge in [0.05, 0.1) is 11.4 Å². The summed E-state index contributed by atoms with van der Waals surface area (Å²) < 4.78 is 78.0. The van der Waals surface area contributed by atoms with Gasteiger partial charge in [-0.25, -0.2) is 17.5 Å². The van der Waals surface area contributed by atoms with Gasteiger partial charge in [0, 0.05) is 34.9 Å². The summed E-state index contributed by atoms with van der Waals surface area (Å²) in [6.07, 6.45) is -3.82. The molecule has 0 N–H and O–H groups in total. The molecule has 0 bridgehead atoms. The molecule has 11 heteroatoms. The number of alkyl halides is 3. The summed E-state index contributed by atoms with van der Waals surface area (Å²) in [5.74, 6) is -2.26. The third kappa shape index (κ3) is 6.44. The Bertz CT molecular complexity index is 1320. The van der Waals surface area contributed by atoms with Gasteiger partial charge < -0.3 is 0 Å². The molecule has 3 aromatic rings. The Kier molecular flexibility index (Phi) is 7.52. The molecule has 182 valence electrons. The van der Waals surface area contributed by atoms with E-state index >= 15 is 0 Å². The van der Waals surface area contributed by atoms with Gasteiger partial charge in [0.25, 0.3) is 0 Å². The lowest BCUT2D eigenvalue weighted by Gasteiger charge is -2.13. The number of Topliss-reactive ketones (excluding diaryl/α,β-unsaturated/α-hetero) is 1. The summed E-state index contributed by atoms with van der Waals surface area (Å²) in [6, 6.07) is 11.0. The number of carbonyl (C=O) groups is 1. The van der Waals surface area contributed by atoms with Crippen LogP contribution in [-0.4, -0.2) is 30.2 Å². The van der Waals surface area contributed by atoms with E-state index in [2.05, 4.69) is 5.10 Å². The van der Waals surface area contributed by atoms with Crippen molar-refractivity contribution in [1.29, 1.82) is 0 Å². The number of ketones is 1. The number of rotatable bonds is 8. The van der Waals surface area contributed by atoms with Crippen LogP contribution in [0.3, 0.4) is 0 Å². The number of benzene rings is 2. The molecule has 0 radical (unpaired) electrons. The summed E-state index contributed by atoms with van der Waals surface area (Å²) in [5.41, 5.74) is -0.256. The van der Waals surface area contributed by atoms with E-state index in [0.717, 1.165) is 23.1 Å². The molecule has 1 unspecified atom stereocenters. The second-order valence-electron chi connectivity index (χ2n) is 8.02. The van der Waals surface area contributed by atoms with Crippen LogP contribution in [-0.2, 0) is 33.0 Å². The van der Waals surface area contributed by atoms with Crippen molar-refractivity contribution in [3.05, 3.63) is 81.9 Å². The number of hydrogen-bond acceptors (Lipinski definition) is 4. The molecule has 0 amide bonds. The highest BCUT2D eigenvalue weighted by atomic mass is 35.5. The average molecular weight is 517 g/mol. The van der Waals surface area contributed by atoms with E-state index in [0.29, 0.717) is 16.3 Å². The van der Waals surface area contributed by atoms with Crippen LogP contribution in [0, 0.1) is 5.82 Å². The second kappa shape index (κ2) is 9.87. The maximum atomic E-state index is 14.3. The minimum Gasteiger partial charge on any atom is -0.299 e. The Hall–Kier alpha value is -2.72. The van der Waals surface area contributed by atoms with Crippen molar-refractivity contribution in [2.24, 2.45) is 0 Å². The normalized spacial score (nSPS) is 13.1. The molecule has 0 fully saturated rings. The topological polar surface area (TPSA) is 69.0 Å². The number of hydrogen-bond donors (Lipinski definition) is 0. The first-order chi connectivity index (χ1) is 15.7. The Morgan fingerprint density at radius 2 is 1.85 bits per heavy atom. The van der Waals surface area contributed by atoms with Gasteiger partial charge in [-0.1, -0.05) is 36.7 Å². The van der Waals surface area contributed by atoms with Crippen LogP contribution >= 0.6 is 11.6 Å². The fourth-order valence-corrected chi connectivity index (χ4v) is 4.44. The first-order valence-electron chi connectivity index (χ1n) is 10.2. The number of sulfone groups is 1. The van der Waals surface area contributed by atoms with Crippen molar-refractivity contribution in [1.82, 2.24) is 9.78 Å². The molecule has 5 nitrogen and oxygen atoms in total. The molecule has 34 heavy (non-hydrogen) atoms. The molecular formula is C23H21ClF4N2O3S. The van der Waals surface area contributed by atoms with Crippen molar-refractivity contribution < 1.29 is 30.8 Å². The predicted octanol–water partition coefficient (Wildman–Crippen LogP) is 5.53. The number of nitrogens with zero attached hydrogens (tertiary/aromatic N) is 2. The monoisotopic (exact) mass is 516 g/mol. The first kappa shape index (κ1) is 25.9. The molecule has 0 aliphatic rings. The lowest BCUT2D eigenvalue weighted by molar-refractivity contribution is -0.141. The zero-order valence-corrected chi connectivity index (χ0v) is 19.8. The SMILES string of the molecule is CC(C(=O)CCc1cc(C(F)(F)F)nn1-c1cccc(Cl)c1)c1ccc(CS(C)(=O)=O)c(F)c1. The minimum absolute atomic E-state index is 0.00370. The van der Waals surface area contributed by atoms with E-state index in [-0.39, 0.29) is 29.9 Å². The first-order valence-corrected chi connectivity index (χ1v) is 12.6.